The molecule has 7 heteroatoms. The van der Waals surface area contributed by atoms with Crippen molar-refractivity contribution >= 4 is 17.4 Å². The number of imide groups is 1. The van der Waals surface area contributed by atoms with E-state index in [0.717, 1.165) is 12.8 Å². The Morgan fingerprint density at radius 1 is 1.03 bits per heavy atom. The molecule has 0 saturated carbocycles. The summed E-state index contributed by atoms with van der Waals surface area (Å²) in [5.41, 5.74) is 1.28. The summed E-state index contributed by atoms with van der Waals surface area (Å²) in [5.74, 6) is -1.01. The van der Waals surface area contributed by atoms with Crippen LogP contribution in [0.25, 0.3) is 5.57 Å². The van der Waals surface area contributed by atoms with Crippen molar-refractivity contribution in [3.63, 3.8) is 0 Å². The molecule has 0 spiro atoms. The molecule has 30 heavy (non-hydrogen) atoms. The lowest BCUT2D eigenvalue weighted by Gasteiger charge is -2.37. The van der Waals surface area contributed by atoms with Gasteiger partial charge in [-0.3, -0.25) is 14.5 Å². The van der Waals surface area contributed by atoms with Crippen molar-refractivity contribution in [2.45, 2.75) is 52.2 Å². The minimum absolute atomic E-state index is 0.0559. The SMILES string of the molecule is CCCCOCCCN1C(=O)C(c2ccc(F)cc2)=C(N2CC(C)OC(C)C2)C1=O. The standard InChI is InChI=1S/C23H31FN2O4/c1-4-5-12-29-13-6-11-26-22(27)20(18-7-9-19(24)10-8-18)21(23(26)28)25-14-16(2)30-17(3)15-25/h7-10,16-17H,4-6,11-15H2,1-3H3. The van der Waals surface area contributed by atoms with Crippen LogP contribution in [0, 0.1) is 5.82 Å². The van der Waals surface area contributed by atoms with Gasteiger partial charge in [0.05, 0.1) is 17.8 Å². The maximum absolute atomic E-state index is 13.5. The number of hydrogen-bond donors (Lipinski definition) is 0. The second kappa shape index (κ2) is 10.2. The number of halogens is 1. The van der Waals surface area contributed by atoms with Gasteiger partial charge in [-0.15, -0.1) is 0 Å². The zero-order chi connectivity index (χ0) is 21.7. The number of rotatable bonds is 9. The Kier molecular flexibility index (Phi) is 7.61. The third-order valence-electron chi connectivity index (χ3n) is 5.32. The van der Waals surface area contributed by atoms with E-state index in [1.54, 1.807) is 12.1 Å². The number of hydrogen-bond acceptors (Lipinski definition) is 5. The van der Waals surface area contributed by atoms with Crippen LogP contribution in [0.15, 0.2) is 30.0 Å². The molecular formula is C23H31FN2O4. The molecule has 2 amide bonds. The number of ether oxygens (including phenoxy) is 2. The first-order chi connectivity index (χ1) is 14.4. The van der Waals surface area contributed by atoms with Crippen molar-refractivity contribution in [1.29, 1.82) is 0 Å². The molecule has 2 atom stereocenters. The molecular weight excluding hydrogens is 387 g/mol. The minimum Gasteiger partial charge on any atom is -0.381 e. The minimum atomic E-state index is -0.382. The van der Waals surface area contributed by atoms with E-state index >= 15 is 0 Å². The number of carbonyl (C=O) groups excluding carboxylic acids is 2. The molecule has 1 fully saturated rings. The van der Waals surface area contributed by atoms with Crippen LogP contribution in [0.2, 0.25) is 0 Å². The zero-order valence-electron chi connectivity index (χ0n) is 18.0. The van der Waals surface area contributed by atoms with Gasteiger partial charge in [0.1, 0.15) is 11.5 Å². The Morgan fingerprint density at radius 3 is 2.30 bits per heavy atom. The lowest BCUT2D eigenvalue weighted by atomic mass is 10.0. The lowest BCUT2D eigenvalue weighted by molar-refractivity contribution is -0.138. The molecule has 0 N–H and O–H groups in total. The van der Waals surface area contributed by atoms with Gasteiger partial charge >= 0.3 is 0 Å². The second-order valence-electron chi connectivity index (χ2n) is 7.97. The summed E-state index contributed by atoms with van der Waals surface area (Å²) in [4.78, 5) is 29.8. The molecule has 2 unspecified atom stereocenters. The topological polar surface area (TPSA) is 59.1 Å². The van der Waals surface area contributed by atoms with Crippen LogP contribution in [0.4, 0.5) is 4.39 Å². The highest BCUT2D eigenvalue weighted by molar-refractivity contribution is 6.35. The molecule has 1 saturated heterocycles. The maximum atomic E-state index is 13.5. The van der Waals surface area contributed by atoms with Gasteiger partial charge in [-0.25, -0.2) is 4.39 Å². The molecule has 0 aromatic heterocycles. The van der Waals surface area contributed by atoms with Crippen LogP contribution < -0.4 is 0 Å². The van der Waals surface area contributed by atoms with Gasteiger partial charge in [-0.05, 0) is 44.4 Å². The number of carbonyl (C=O) groups is 2. The predicted molar refractivity (Wildman–Crippen MR) is 112 cm³/mol. The monoisotopic (exact) mass is 418 g/mol. The van der Waals surface area contributed by atoms with Crippen LogP contribution in [-0.4, -0.2) is 66.7 Å². The van der Waals surface area contributed by atoms with Gasteiger partial charge in [0.25, 0.3) is 11.8 Å². The van der Waals surface area contributed by atoms with Crippen molar-refractivity contribution in [2.24, 2.45) is 0 Å². The summed E-state index contributed by atoms with van der Waals surface area (Å²) in [5, 5.41) is 0. The number of morpholine rings is 1. The summed E-state index contributed by atoms with van der Waals surface area (Å²) < 4.78 is 24.8. The molecule has 2 heterocycles. The summed E-state index contributed by atoms with van der Waals surface area (Å²) in [6.45, 7) is 8.54. The van der Waals surface area contributed by atoms with Crippen molar-refractivity contribution in [1.82, 2.24) is 9.80 Å². The van der Waals surface area contributed by atoms with Crippen LogP contribution in [-0.2, 0) is 19.1 Å². The van der Waals surface area contributed by atoms with Crippen LogP contribution in [0.3, 0.4) is 0 Å². The lowest BCUT2D eigenvalue weighted by Crippen LogP contribution is -2.47. The van der Waals surface area contributed by atoms with Gasteiger partial charge in [0.15, 0.2) is 0 Å². The van der Waals surface area contributed by atoms with Crippen molar-refractivity contribution in [2.75, 3.05) is 32.8 Å². The molecule has 1 aromatic rings. The normalized spacial score (nSPS) is 22.4. The molecule has 2 aliphatic rings. The smallest absolute Gasteiger partial charge is 0.277 e. The molecule has 0 aliphatic carbocycles. The average Bonchev–Trinajstić information content (AvgIpc) is 2.95. The summed E-state index contributed by atoms with van der Waals surface area (Å²) in [7, 11) is 0. The molecule has 164 valence electrons. The van der Waals surface area contributed by atoms with Crippen LogP contribution in [0.5, 0.6) is 0 Å². The highest BCUT2D eigenvalue weighted by Crippen LogP contribution is 2.33. The Bertz CT molecular complexity index is 783. The van der Waals surface area contributed by atoms with Crippen LogP contribution in [0.1, 0.15) is 45.6 Å². The van der Waals surface area contributed by atoms with Gasteiger partial charge in [-0.1, -0.05) is 25.5 Å². The molecule has 6 nitrogen and oxygen atoms in total. The fourth-order valence-electron chi connectivity index (χ4n) is 3.97. The Balaban J connectivity index is 1.83. The largest absolute Gasteiger partial charge is 0.381 e. The number of unbranched alkanes of at least 4 members (excludes halogenated alkanes) is 1. The molecule has 3 rings (SSSR count). The Morgan fingerprint density at radius 2 is 1.67 bits per heavy atom. The first kappa shape index (κ1) is 22.4. The van der Waals surface area contributed by atoms with Gasteiger partial charge < -0.3 is 14.4 Å². The van der Waals surface area contributed by atoms with E-state index in [1.165, 1.54) is 17.0 Å². The third kappa shape index (κ3) is 5.08. The molecule has 0 bridgehead atoms. The number of amides is 2. The van der Waals surface area contributed by atoms with E-state index < -0.39 is 0 Å². The van der Waals surface area contributed by atoms with E-state index in [-0.39, 0.29) is 29.8 Å². The third-order valence-corrected chi connectivity index (χ3v) is 5.32. The van der Waals surface area contributed by atoms with E-state index in [2.05, 4.69) is 6.92 Å². The van der Waals surface area contributed by atoms with Gasteiger partial charge in [-0.2, -0.15) is 0 Å². The highest BCUT2D eigenvalue weighted by atomic mass is 19.1. The van der Waals surface area contributed by atoms with Gasteiger partial charge in [0.2, 0.25) is 0 Å². The number of benzene rings is 1. The van der Waals surface area contributed by atoms with E-state index in [9.17, 15) is 14.0 Å². The Hall–Kier alpha value is -2.25. The second-order valence-corrected chi connectivity index (χ2v) is 7.97. The average molecular weight is 419 g/mol. The fourth-order valence-corrected chi connectivity index (χ4v) is 3.97. The zero-order valence-corrected chi connectivity index (χ0v) is 18.0. The first-order valence-corrected chi connectivity index (χ1v) is 10.8. The highest BCUT2D eigenvalue weighted by Gasteiger charge is 2.42. The number of nitrogens with zero attached hydrogens (tertiary/aromatic N) is 2. The van der Waals surface area contributed by atoms with Crippen molar-refractivity contribution < 1.29 is 23.5 Å². The summed E-state index contributed by atoms with van der Waals surface area (Å²) in [6.07, 6.45) is 2.53. The predicted octanol–water partition coefficient (Wildman–Crippen LogP) is 3.22. The quantitative estimate of drug-likeness (QED) is 0.455. The van der Waals surface area contributed by atoms with Gasteiger partial charge in [0, 0.05) is 32.8 Å². The molecule has 1 aromatic carbocycles. The van der Waals surface area contributed by atoms with Crippen molar-refractivity contribution in [3.8, 4) is 0 Å². The molecule has 2 aliphatic heterocycles. The van der Waals surface area contributed by atoms with E-state index in [4.69, 9.17) is 9.47 Å². The Labute approximate surface area is 177 Å². The summed E-state index contributed by atoms with van der Waals surface area (Å²) >= 11 is 0. The summed E-state index contributed by atoms with van der Waals surface area (Å²) in [6, 6.07) is 5.74. The van der Waals surface area contributed by atoms with Crippen LogP contribution >= 0.6 is 0 Å². The molecule has 0 radical (unpaired) electrons. The maximum Gasteiger partial charge on any atom is 0.277 e. The van der Waals surface area contributed by atoms with Crippen molar-refractivity contribution in [3.05, 3.63) is 41.3 Å². The van der Waals surface area contributed by atoms with E-state index in [0.29, 0.717) is 56.1 Å². The first-order valence-electron chi connectivity index (χ1n) is 10.8. The van der Waals surface area contributed by atoms with E-state index in [1.807, 2.05) is 18.7 Å². The fraction of sp³-hybridized carbons (Fsp3) is 0.565.